The third kappa shape index (κ3) is 3.95. The Morgan fingerprint density at radius 2 is 1.71 bits per heavy atom. The van der Waals surface area contributed by atoms with E-state index in [1.165, 1.54) is 6.39 Å². The fourth-order valence-corrected chi connectivity index (χ4v) is 4.23. The molecule has 31 heavy (non-hydrogen) atoms. The average molecular weight is 447 g/mol. The lowest BCUT2D eigenvalue weighted by molar-refractivity contribution is 0.419. The van der Waals surface area contributed by atoms with Crippen LogP contribution in [0.1, 0.15) is 0 Å². The minimum absolute atomic E-state index is 0.545. The number of hydrogen-bond donors (Lipinski definition) is 0. The Kier molecular flexibility index (Phi) is 5.23. The number of benzene rings is 2. The monoisotopic (exact) mass is 446 g/mol. The van der Waals surface area contributed by atoms with Crippen molar-refractivity contribution in [1.29, 1.82) is 0 Å². The van der Waals surface area contributed by atoms with Crippen LogP contribution < -0.4 is 0 Å². The second kappa shape index (κ2) is 8.33. The molecule has 0 atom stereocenters. The molecule has 0 aliphatic rings. The van der Waals surface area contributed by atoms with Crippen molar-refractivity contribution >= 4 is 23.4 Å². The third-order valence-corrected chi connectivity index (χ3v) is 6.06. The van der Waals surface area contributed by atoms with Crippen molar-refractivity contribution in [3.8, 4) is 34.2 Å². The predicted molar refractivity (Wildman–Crippen MR) is 119 cm³/mol. The molecule has 152 valence electrons. The van der Waals surface area contributed by atoms with Crippen LogP contribution in [0.2, 0.25) is 5.02 Å². The van der Waals surface area contributed by atoms with Crippen LogP contribution >= 0.6 is 23.4 Å². The van der Waals surface area contributed by atoms with Crippen molar-refractivity contribution in [3.05, 3.63) is 78.5 Å². The van der Waals surface area contributed by atoms with Gasteiger partial charge in [0, 0.05) is 40.5 Å². The van der Waals surface area contributed by atoms with Crippen molar-refractivity contribution < 1.29 is 4.52 Å². The second-order valence-electron chi connectivity index (χ2n) is 6.63. The third-order valence-electron chi connectivity index (χ3n) is 4.64. The van der Waals surface area contributed by atoms with Crippen LogP contribution in [0, 0.1) is 0 Å². The van der Waals surface area contributed by atoms with Crippen molar-refractivity contribution in [1.82, 2.24) is 29.7 Å². The summed E-state index contributed by atoms with van der Waals surface area (Å²) in [6.45, 7) is 0. The maximum atomic E-state index is 6.06. The molecule has 0 spiro atoms. The highest BCUT2D eigenvalue weighted by Crippen LogP contribution is 2.38. The van der Waals surface area contributed by atoms with Crippen molar-refractivity contribution in [2.24, 2.45) is 7.05 Å². The zero-order chi connectivity index (χ0) is 21.2. The fraction of sp³-hybridized carbons (Fsp3) is 0.0455. The van der Waals surface area contributed by atoms with E-state index in [4.69, 9.17) is 21.1 Å². The van der Waals surface area contributed by atoms with Gasteiger partial charge in [0.25, 0.3) is 0 Å². The summed E-state index contributed by atoms with van der Waals surface area (Å²) in [6.07, 6.45) is 6.33. The second-order valence-corrected chi connectivity index (χ2v) is 8.13. The average Bonchev–Trinajstić information content (AvgIpc) is 3.45. The van der Waals surface area contributed by atoms with E-state index >= 15 is 0 Å². The van der Waals surface area contributed by atoms with E-state index in [9.17, 15) is 0 Å². The molecule has 5 rings (SSSR count). The molecule has 0 saturated carbocycles. The van der Waals surface area contributed by atoms with Crippen molar-refractivity contribution in [2.45, 2.75) is 9.92 Å². The highest BCUT2D eigenvalue weighted by Gasteiger charge is 2.20. The maximum Gasteiger partial charge on any atom is 0.214 e. The van der Waals surface area contributed by atoms with Crippen LogP contribution in [0.15, 0.2) is 88.0 Å². The highest BCUT2D eigenvalue weighted by atomic mass is 35.5. The van der Waals surface area contributed by atoms with E-state index in [0.717, 1.165) is 32.6 Å². The molecule has 7 nitrogen and oxygen atoms in total. The topological polar surface area (TPSA) is 82.5 Å². The summed E-state index contributed by atoms with van der Waals surface area (Å²) in [5.74, 6) is 1.28. The molecule has 0 unspecified atom stereocenters. The Balaban J connectivity index is 1.60. The number of halogens is 1. The Labute approximate surface area is 187 Å². The van der Waals surface area contributed by atoms with Gasteiger partial charge in [-0.2, -0.15) is 4.98 Å². The first-order valence-electron chi connectivity index (χ1n) is 9.33. The molecule has 3 heterocycles. The van der Waals surface area contributed by atoms with Gasteiger partial charge in [-0.25, -0.2) is 9.97 Å². The lowest BCUT2D eigenvalue weighted by Crippen LogP contribution is -1.96. The van der Waals surface area contributed by atoms with Gasteiger partial charge in [0.1, 0.15) is 16.4 Å². The summed E-state index contributed by atoms with van der Waals surface area (Å²) in [5, 5.41) is 5.57. The summed E-state index contributed by atoms with van der Waals surface area (Å²) in [4.78, 5) is 18.7. The summed E-state index contributed by atoms with van der Waals surface area (Å²) < 4.78 is 6.88. The molecule has 0 aliphatic heterocycles. The Hall–Kier alpha value is -3.49. The fourth-order valence-electron chi connectivity index (χ4n) is 3.12. The van der Waals surface area contributed by atoms with Crippen LogP contribution in [0.5, 0.6) is 0 Å². The standard InChI is InChI=1S/C22H15ClN6OS/c1-29-21(18-12-24-10-11-25-18)27-19(22(29)31-17-8-6-16(23)7-9-17)14-2-4-15(5-3-14)20-26-13-30-28-20/h2-13H,1H3. The molecule has 9 heteroatoms. The number of imidazole rings is 1. The smallest absolute Gasteiger partial charge is 0.214 e. The lowest BCUT2D eigenvalue weighted by atomic mass is 10.1. The van der Waals surface area contributed by atoms with Gasteiger partial charge in [-0.3, -0.25) is 4.98 Å². The molecule has 5 aromatic rings. The molecule has 0 amide bonds. The highest BCUT2D eigenvalue weighted by molar-refractivity contribution is 7.99. The Bertz CT molecular complexity index is 1300. The molecule has 0 fully saturated rings. The van der Waals surface area contributed by atoms with Crippen LogP contribution in [0.3, 0.4) is 0 Å². The number of nitrogens with zero attached hydrogens (tertiary/aromatic N) is 6. The number of aromatic nitrogens is 6. The van der Waals surface area contributed by atoms with Gasteiger partial charge in [0.05, 0.1) is 6.20 Å². The summed E-state index contributed by atoms with van der Waals surface area (Å²) in [7, 11) is 1.98. The molecule has 0 saturated heterocycles. The molecule has 0 bridgehead atoms. The van der Waals surface area contributed by atoms with Gasteiger partial charge >= 0.3 is 0 Å². The van der Waals surface area contributed by atoms with Crippen LogP contribution in [0.4, 0.5) is 0 Å². The quantitative estimate of drug-likeness (QED) is 0.357. The van der Waals surface area contributed by atoms with Crippen LogP contribution in [-0.4, -0.2) is 29.7 Å². The molecule has 0 aliphatic carbocycles. The zero-order valence-corrected chi connectivity index (χ0v) is 17.9. The molecule has 0 radical (unpaired) electrons. The largest absolute Gasteiger partial charge is 0.342 e. The summed E-state index contributed by atoms with van der Waals surface area (Å²) in [6, 6.07) is 15.6. The minimum atomic E-state index is 0.545. The Morgan fingerprint density at radius 3 is 2.39 bits per heavy atom. The van der Waals surface area contributed by atoms with Crippen molar-refractivity contribution in [2.75, 3.05) is 0 Å². The predicted octanol–water partition coefficient (Wildman–Crippen LogP) is 5.40. The van der Waals surface area contributed by atoms with Gasteiger partial charge in [-0.05, 0) is 24.3 Å². The van der Waals surface area contributed by atoms with E-state index in [-0.39, 0.29) is 0 Å². The number of hydrogen-bond acceptors (Lipinski definition) is 7. The molecular formula is C22H15ClN6OS. The maximum absolute atomic E-state index is 6.06. The van der Waals surface area contributed by atoms with Gasteiger partial charge in [-0.1, -0.05) is 52.8 Å². The molecule has 3 aromatic heterocycles. The van der Waals surface area contributed by atoms with Gasteiger partial charge in [0.15, 0.2) is 5.82 Å². The van der Waals surface area contributed by atoms with Gasteiger partial charge in [-0.15, -0.1) is 0 Å². The van der Waals surface area contributed by atoms with Gasteiger partial charge < -0.3 is 9.09 Å². The van der Waals surface area contributed by atoms with E-state index in [2.05, 4.69) is 20.1 Å². The van der Waals surface area contributed by atoms with E-state index in [1.807, 2.05) is 60.1 Å². The van der Waals surface area contributed by atoms with Gasteiger partial charge in [0.2, 0.25) is 12.2 Å². The van der Waals surface area contributed by atoms with E-state index in [1.54, 1.807) is 30.4 Å². The summed E-state index contributed by atoms with van der Waals surface area (Å²) in [5.41, 5.74) is 3.39. The van der Waals surface area contributed by atoms with Crippen LogP contribution in [-0.2, 0) is 7.05 Å². The first kappa shape index (κ1) is 19.5. The number of rotatable bonds is 5. The first-order chi connectivity index (χ1) is 15.2. The molecule has 0 N–H and O–H groups in total. The lowest BCUT2D eigenvalue weighted by Gasteiger charge is -2.08. The summed E-state index contributed by atoms with van der Waals surface area (Å²) >= 11 is 7.67. The minimum Gasteiger partial charge on any atom is -0.342 e. The Morgan fingerprint density at radius 1 is 0.935 bits per heavy atom. The zero-order valence-electron chi connectivity index (χ0n) is 16.3. The van der Waals surface area contributed by atoms with Crippen LogP contribution in [0.25, 0.3) is 34.2 Å². The van der Waals surface area contributed by atoms with Crippen molar-refractivity contribution in [3.63, 3.8) is 0 Å². The normalized spacial score (nSPS) is 11.0. The van der Waals surface area contributed by atoms with E-state index < -0.39 is 0 Å². The molecular weight excluding hydrogens is 432 g/mol. The SMILES string of the molecule is Cn1c(-c2cnccn2)nc(-c2ccc(-c3ncon3)cc2)c1Sc1ccc(Cl)cc1. The first-order valence-corrected chi connectivity index (χ1v) is 10.5. The van der Waals surface area contributed by atoms with E-state index in [0.29, 0.717) is 16.5 Å². The molecule has 2 aromatic carbocycles.